The lowest BCUT2D eigenvalue weighted by molar-refractivity contribution is 0.225. The van der Waals surface area contributed by atoms with Gasteiger partial charge in [-0.3, -0.25) is 0 Å². The number of aliphatic hydroxyl groups excluding tert-OH is 1. The lowest BCUT2D eigenvalue weighted by atomic mass is 9.81. The number of hydrogen-bond donors (Lipinski definition) is 3. The molecule has 0 radical (unpaired) electrons. The second-order valence-corrected chi connectivity index (χ2v) is 7.85. The molecule has 0 saturated carbocycles. The van der Waals surface area contributed by atoms with Crippen molar-refractivity contribution in [3.63, 3.8) is 0 Å². The van der Waals surface area contributed by atoms with Crippen LogP contribution in [0.5, 0.6) is 17.2 Å². The molecule has 0 bridgehead atoms. The first kappa shape index (κ1) is 18.8. The number of fused-ring (bicyclic) bond motifs is 1. The minimum absolute atomic E-state index is 0.0518. The van der Waals surface area contributed by atoms with Crippen LogP contribution in [0.25, 0.3) is 0 Å². The Morgan fingerprint density at radius 3 is 2.73 bits per heavy atom. The fraction of sp³-hybridized carbons (Fsp3) is 0.545. The van der Waals surface area contributed by atoms with E-state index < -0.39 is 0 Å². The summed E-state index contributed by atoms with van der Waals surface area (Å²) < 4.78 is 5.68. The second-order valence-electron chi connectivity index (χ2n) is 7.85. The summed E-state index contributed by atoms with van der Waals surface area (Å²) in [6.07, 6.45) is 6.42. The Hall–Kier alpha value is -1.94. The Morgan fingerprint density at radius 2 is 2.04 bits per heavy atom. The summed E-state index contributed by atoms with van der Waals surface area (Å²) in [5.74, 6) is 1.13. The highest BCUT2D eigenvalue weighted by molar-refractivity contribution is 5.60. The monoisotopic (exact) mass is 358 g/mol. The van der Waals surface area contributed by atoms with Crippen molar-refractivity contribution in [1.82, 2.24) is 0 Å². The molecule has 142 valence electrons. The van der Waals surface area contributed by atoms with Gasteiger partial charge < -0.3 is 20.1 Å². The maximum atomic E-state index is 11.1. The molecule has 2 aliphatic rings. The summed E-state index contributed by atoms with van der Waals surface area (Å²) >= 11 is 0. The molecule has 1 aliphatic carbocycles. The van der Waals surface area contributed by atoms with Crippen molar-refractivity contribution < 1.29 is 20.1 Å². The highest BCUT2D eigenvalue weighted by atomic mass is 16.5. The summed E-state index contributed by atoms with van der Waals surface area (Å²) in [5, 5.41) is 31.2. The molecule has 1 aliphatic heterocycles. The Kier molecular flexibility index (Phi) is 5.61. The molecule has 0 aromatic heterocycles. The van der Waals surface area contributed by atoms with Crippen LogP contribution in [0.3, 0.4) is 0 Å². The summed E-state index contributed by atoms with van der Waals surface area (Å²) in [7, 11) is 0. The van der Waals surface area contributed by atoms with Gasteiger partial charge in [0.1, 0.15) is 17.2 Å². The standard InChI is InChI=1S/C22H30O4/c1-13(2)16-5-4-14(3)10-17(11-16)20-18(24)12-19-21(22(20)25)15(6-8-23)7-9-26-19/h10,12,15-17,23-25H,1,4-9,11H2,2-3H3/t15-,16+,17-/m1/s1. The van der Waals surface area contributed by atoms with E-state index in [-0.39, 0.29) is 29.9 Å². The Morgan fingerprint density at radius 1 is 1.27 bits per heavy atom. The Labute approximate surface area is 155 Å². The maximum absolute atomic E-state index is 11.1. The van der Waals surface area contributed by atoms with Crippen molar-refractivity contribution in [2.75, 3.05) is 13.2 Å². The van der Waals surface area contributed by atoms with E-state index in [2.05, 4.69) is 26.5 Å². The fourth-order valence-electron chi connectivity index (χ4n) is 4.41. The van der Waals surface area contributed by atoms with Crippen molar-refractivity contribution in [2.24, 2.45) is 5.92 Å². The molecule has 0 unspecified atom stereocenters. The SMILES string of the molecule is C=C(C)[C@H]1CCC(C)=C[C@@H](c2c(O)cc3c(c2O)[C@H](CCO)CCO3)C1. The first-order valence-corrected chi connectivity index (χ1v) is 9.57. The lowest BCUT2D eigenvalue weighted by Gasteiger charge is -2.29. The largest absolute Gasteiger partial charge is 0.507 e. The van der Waals surface area contributed by atoms with Crippen molar-refractivity contribution >= 4 is 0 Å². The van der Waals surface area contributed by atoms with Crippen LogP contribution in [0, 0.1) is 5.92 Å². The molecular weight excluding hydrogens is 328 g/mol. The number of aliphatic hydroxyl groups is 1. The van der Waals surface area contributed by atoms with Crippen LogP contribution in [0.2, 0.25) is 0 Å². The van der Waals surface area contributed by atoms with E-state index in [1.54, 1.807) is 6.07 Å². The normalized spacial score (nSPS) is 25.7. The van der Waals surface area contributed by atoms with Crippen molar-refractivity contribution in [3.8, 4) is 17.2 Å². The Bertz CT molecular complexity index is 719. The van der Waals surface area contributed by atoms with E-state index in [0.717, 1.165) is 36.8 Å². The number of phenols is 2. The smallest absolute Gasteiger partial charge is 0.130 e. The predicted molar refractivity (Wildman–Crippen MR) is 103 cm³/mol. The predicted octanol–water partition coefficient (Wildman–Crippen LogP) is 4.75. The molecule has 3 rings (SSSR count). The molecule has 0 amide bonds. The van der Waals surface area contributed by atoms with Gasteiger partial charge in [0.2, 0.25) is 0 Å². The number of rotatable bonds is 4. The number of phenolic OH excluding ortho intramolecular Hbond substituents is 2. The topological polar surface area (TPSA) is 69.9 Å². The van der Waals surface area contributed by atoms with Gasteiger partial charge in [-0.25, -0.2) is 0 Å². The van der Waals surface area contributed by atoms with Gasteiger partial charge in [0, 0.05) is 29.7 Å². The molecule has 0 saturated heterocycles. The van der Waals surface area contributed by atoms with Crippen LogP contribution in [0.1, 0.15) is 68.9 Å². The number of hydrogen-bond acceptors (Lipinski definition) is 4. The van der Waals surface area contributed by atoms with Crippen LogP contribution in [-0.2, 0) is 0 Å². The Balaban J connectivity index is 2.07. The third kappa shape index (κ3) is 3.61. The third-order valence-electron chi connectivity index (χ3n) is 5.91. The van der Waals surface area contributed by atoms with Gasteiger partial charge in [-0.15, -0.1) is 0 Å². The molecule has 4 heteroatoms. The van der Waals surface area contributed by atoms with Gasteiger partial charge >= 0.3 is 0 Å². The number of allylic oxidation sites excluding steroid dienone is 3. The zero-order chi connectivity index (χ0) is 18.8. The van der Waals surface area contributed by atoms with Crippen LogP contribution < -0.4 is 4.74 Å². The maximum Gasteiger partial charge on any atom is 0.130 e. The first-order chi connectivity index (χ1) is 12.4. The highest BCUT2D eigenvalue weighted by Gasteiger charge is 2.32. The molecular formula is C22H30O4. The minimum atomic E-state index is -0.0544. The molecule has 1 heterocycles. The molecule has 3 N–H and O–H groups in total. The average molecular weight is 358 g/mol. The van der Waals surface area contributed by atoms with Crippen LogP contribution in [0.15, 0.2) is 29.9 Å². The van der Waals surface area contributed by atoms with Crippen LogP contribution in [0.4, 0.5) is 0 Å². The van der Waals surface area contributed by atoms with E-state index in [4.69, 9.17) is 4.74 Å². The van der Waals surface area contributed by atoms with Gasteiger partial charge in [-0.1, -0.05) is 23.8 Å². The van der Waals surface area contributed by atoms with Crippen LogP contribution >= 0.6 is 0 Å². The molecule has 0 spiro atoms. The molecule has 1 aromatic carbocycles. The van der Waals surface area contributed by atoms with E-state index in [1.165, 1.54) is 5.57 Å². The van der Waals surface area contributed by atoms with Gasteiger partial charge in [0.05, 0.1) is 6.61 Å². The molecule has 0 fully saturated rings. The molecule has 26 heavy (non-hydrogen) atoms. The van der Waals surface area contributed by atoms with Crippen molar-refractivity contribution in [1.29, 1.82) is 0 Å². The quantitative estimate of drug-likeness (QED) is 0.679. The summed E-state index contributed by atoms with van der Waals surface area (Å²) in [6.45, 7) is 8.90. The molecule has 1 aromatic rings. The highest BCUT2D eigenvalue weighted by Crippen LogP contribution is 2.51. The lowest BCUT2D eigenvalue weighted by Crippen LogP contribution is -2.17. The third-order valence-corrected chi connectivity index (χ3v) is 5.91. The zero-order valence-corrected chi connectivity index (χ0v) is 15.8. The van der Waals surface area contributed by atoms with Gasteiger partial charge in [0.25, 0.3) is 0 Å². The average Bonchev–Trinajstić information content (AvgIpc) is 2.77. The molecule has 4 nitrogen and oxygen atoms in total. The number of ether oxygens (including phenoxy) is 1. The number of aromatic hydroxyl groups is 2. The van der Waals surface area contributed by atoms with Crippen LogP contribution in [-0.4, -0.2) is 28.5 Å². The van der Waals surface area contributed by atoms with E-state index in [1.807, 2.05) is 0 Å². The van der Waals surface area contributed by atoms with E-state index in [0.29, 0.717) is 30.3 Å². The van der Waals surface area contributed by atoms with Crippen molar-refractivity contribution in [2.45, 2.75) is 57.8 Å². The fourth-order valence-corrected chi connectivity index (χ4v) is 4.41. The summed E-state index contributed by atoms with van der Waals surface area (Å²) in [4.78, 5) is 0. The number of benzene rings is 1. The molecule has 3 atom stereocenters. The van der Waals surface area contributed by atoms with Gasteiger partial charge in [0.15, 0.2) is 0 Å². The van der Waals surface area contributed by atoms with Gasteiger partial charge in [-0.05, 0) is 57.8 Å². The summed E-state index contributed by atoms with van der Waals surface area (Å²) in [6, 6.07) is 1.64. The summed E-state index contributed by atoms with van der Waals surface area (Å²) in [5.41, 5.74) is 3.75. The second kappa shape index (κ2) is 7.75. The van der Waals surface area contributed by atoms with E-state index >= 15 is 0 Å². The van der Waals surface area contributed by atoms with Gasteiger partial charge in [-0.2, -0.15) is 0 Å². The minimum Gasteiger partial charge on any atom is -0.507 e. The zero-order valence-electron chi connectivity index (χ0n) is 15.8. The first-order valence-electron chi connectivity index (χ1n) is 9.57. The van der Waals surface area contributed by atoms with E-state index in [9.17, 15) is 15.3 Å². The van der Waals surface area contributed by atoms with Crippen molar-refractivity contribution in [3.05, 3.63) is 41.0 Å².